The van der Waals surface area contributed by atoms with E-state index in [0.29, 0.717) is 21.9 Å². The second-order valence-corrected chi connectivity index (χ2v) is 9.69. The van der Waals surface area contributed by atoms with Crippen LogP contribution >= 0.6 is 11.6 Å². The first kappa shape index (κ1) is 27.1. The van der Waals surface area contributed by atoms with E-state index in [2.05, 4.69) is 5.32 Å². The smallest absolute Gasteiger partial charge is 0.336 e. The van der Waals surface area contributed by atoms with Gasteiger partial charge in [-0.15, -0.1) is 0 Å². The van der Waals surface area contributed by atoms with Crippen LogP contribution in [0, 0.1) is 0 Å². The maximum atomic E-state index is 13.4. The molecule has 38 heavy (non-hydrogen) atoms. The molecule has 2 amide bonds. The second kappa shape index (κ2) is 12.1. The zero-order valence-corrected chi connectivity index (χ0v) is 22.5. The lowest BCUT2D eigenvalue weighted by atomic mass is 9.83. The number of rotatable bonds is 8. The summed E-state index contributed by atoms with van der Waals surface area (Å²) in [6.45, 7) is 5.88. The highest BCUT2D eigenvalue weighted by Gasteiger charge is 2.37. The summed E-state index contributed by atoms with van der Waals surface area (Å²) in [4.78, 5) is 41.0. The van der Waals surface area contributed by atoms with Crippen LogP contribution in [0.15, 0.2) is 90.1 Å². The fraction of sp³-hybridized carbons (Fsp3) is 0.258. The molecule has 0 saturated heterocycles. The van der Waals surface area contributed by atoms with Crippen LogP contribution < -0.4 is 5.32 Å². The quantitative estimate of drug-likeness (QED) is 0.353. The first-order valence-corrected chi connectivity index (χ1v) is 13.0. The van der Waals surface area contributed by atoms with Crippen molar-refractivity contribution in [3.8, 4) is 0 Å². The number of carbonyl (C=O) groups excluding carboxylic acids is 3. The van der Waals surface area contributed by atoms with E-state index >= 15 is 0 Å². The number of benzene rings is 3. The van der Waals surface area contributed by atoms with E-state index in [1.54, 1.807) is 43.0 Å². The van der Waals surface area contributed by atoms with E-state index in [0.717, 1.165) is 16.7 Å². The Bertz CT molecular complexity index is 1370. The lowest BCUT2D eigenvalue weighted by Gasteiger charge is -2.35. The zero-order valence-electron chi connectivity index (χ0n) is 21.7. The molecular formula is C31H31ClN2O4. The normalized spacial score (nSPS) is 16.3. The molecule has 0 bridgehead atoms. The molecule has 0 radical (unpaired) electrons. The minimum atomic E-state index is -0.497. The van der Waals surface area contributed by atoms with E-state index in [9.17, 15) is 14.4 Å². The molecule has 4 rings (SSSR count). The van der Waals surface area contributed by atoms with E-state index in [1.807, 2.05) is 61.5 Å². The summed E-state index contributed by atoms with van der Waals surface area (Å²) < 4.78 is 5.37. The molecule has 0 aliphatic carbocycles. The van der Waals surface area contributed by atoms with E-state index in [1.165, 1.54) is 0 Å². The lowest BCUT2D eigenvalue weighted by Crippen LogP contribution is -2.38. The number of hydrogen-bond donors (Lipinski definition) is 1. The number of amides is 2. The molecule has 6 nitrogen and oxygen atoms in total. The van der Waals surface area contributed by atoms with Crippen molar-refractivity contribution in [2.75, 3.05) is 6.61 Å². The van der Waals surface area contributed by atoms with Gasteiger partial charge in [-0.05, 0) is 55.7 Å². The standard InChI is InChI=1S/C31H31ClN2O4/c1-4-38-31(37)29-21(3)34(28(35)18-26(29)25-15-8-9-16-27(25)32)19-22-11-10-14-24(17-22)30(36)33-20(2)23-12-6-5-7-13-23/h5-17,20,26H,4,18-19H2,1-3H3,(H,33,36). The highest BCUT2D eigenvalue weighted by molar-refractivity contribution is 6.31. The van der Waals surface area contributed by atoms with Gasteiger partial charge in [0, 0.05) is 28.6 Å². The molecule has 0 spiro atoms. The SMILES string of the molecule is CCOC(=O)C1=C(C)N(Cc2cccc(C(=O)NC(C)c3ccccc3)c2)C(=O)CC1c1ccccc1Cl. The van der Waals surface area contributed by atoms with Crippen LogP contribution in [0.1, 0.15) is 66.2 Å². The Morgan fingerprint density at radius 3 is 2.47 bits per heavy atom. The Labute approximate surface area is 228 Å². The second-order valence-electron chi connectivity index (χ2n) is 9.28. The van der Waals surface area contributed by atoms with Gasteiger partial charge in [0.05, 0.1) is 24.8 Å². The molecule has 2 atom stereocenters. The van der Waals surface area contributed by atoms with Gasteiger partial charge in [-0.3, -0.25) is 9.59 Å². The van der Waals surface area contributed by atoms with Gasteiger partial charge < -0.3 is 15.0 Å². The Morgan fingerprint density at radius 2 is 1.76 bits per heavy atom. The van der Waals surface area contributed by atoms with Crippen LogP contribution in [0.3, 0.4) is 0 Å². The average molecular weight is 531 g/mol. The van der Waals surface area contributed by atoms with Crippen LogP contribution in [0.4, 0.5) is 0 Å². The number of carbonyl (C=O) groups is 3. The van der Waals surface area contributed by atoms with Crippen molar-refractivity contribution in [1.29, 1.82) is 0 Å². The molecule has 2 unspecified atom stereocenters. The summed E-state index contributed by atoms with van der Waals surface area (Å²) in [5.74, 6) is -1.29. The molecule has 1 heterocycles. The Morgan fingerprint density at radius 1 is 1.05 bits per heavy atom. The van der Waals surface area contributed by atoms with E-state index in [4.69, 9.17) is 16.3 Å². The number of allylic oxidation sites excluding steroid dienone is 1. The third-order valence-corrected chi connectivity index (χ3v) is 7.12. The summed E-state index contributed by atoms with van der Waals surface area (Å²) >= 11 is 6.45. The minimum absolute atomic E-state index is 0.0873. The van der Waals surface area contributed by atoms with Gasteiger partial charge in [-0.2, -0.15) is 0 Å². The number of halogens is 1. The zero-order chi connectivity index (χ0) is 27.2. The van der Waals surface area contributed by atoms with Crippen LogP contribution in [0.2, 0.25) is 5.02 Å². The third kappa shape index (κ3) is 5.97. The molecule has 0 aromatic heterocycles. The molecule has 3 aromatic rings. The van der Waals surface area contributed by atoms with Crippen molar-refractivity contribution in [1.82, 2.24) is 10.2 Å². The summed E-state index contributed by atoms with van der Waals surface area (Å²) in [6.07, 6.45) is 0.0873. The number of hydrogen-bond acceptors (Lipinski definition) is 4. The van der Waals surface area contributed by atoms with Crippen molar-refractivity contribution >= 4 is 29.4 Å². The predicted octanol–water partition coefficient (Wildman–Crippen LogP) is 6.18. The largest absolute Gasteiger partial charge is 0.463 e. The van der Waals surface area contributed by atoms with Crippen molar-refractivity contribution in [3.05, 3.63) is 117 Å². The molecule has 3 aromatic carbocycles. The van der Waals surface area contributed by atoms with Crippen molar-refractivity contribution in [2.45, 2.75) is 45.7 Å². The monoisotopic (exact) mass is 530 g/mol. The number of ether oxygens (including phenoxy) is 1. The molecule has 1 aliphatic rings. The number of esters is 1. The minimum Gasteiger partial charge on any atom is -0.463 e. The van der Waals surface area contributed by atoms with Gasteiger partial charge in [0.2, 0.25) is 5.91 Å². The molecule has 7 heteroatoms. The van der Waals surface area contributed by atoms with Crippen molar-refractivity contribution in [2.24, 2.45) is 0 Å². The van der Waals surface area contributed by atoms with Gasteiger partial charge >= 0.3 is 5.97 Å². The average Bonchev–Trinajstić information content (AvgIpc) is 2.91. The Hall–Kier alpha value is -3.90. The molecular weight excluding hydrogens is 500 g/mol. The maximum Gasteiger partial charge on any atom is 0.336 e. The van der Waals surface area contributed by atoms with Crippen LogP contribution in [-0.4, -0.2) is 29.3 Å². The van der Waals surface area contributed by atoms with E-state index < -0.39 is 11.9 Å². The summed E-state index contributed by atoms with van der Waals surface area (Å²) in [5, 5.41) is 3.52. The van der Waals surface area contributed by atoms with Gasteiger partial charge in [-0.1, -0.05) is 72.3 Å². The third-order valence-electron chi connectivity index (χ3n) is 6.78. The van der Waals surface area contributed by atoms with Crippen molar-refractivity contribution < 1.29 is 19.1 Å². The summed E-state index contributed by atoms with van der Waals surface area (Å²) in [7, 11) is 0. The maximum absolute atomic E-state index is 13.4. The summed E-state index contributed by atoms with van der Waals surface area (Å²) in [6, 6.07) is 24.0. The highest BCUT2D eigenvalue weighted by Crippen LogP contribution is 2.40. The Balaban J connectivity index is 1.60. The van der Waals surface area contributed by atoms with Crippen LogP contribution in [-0.2, 0) is 20.9 Å². The molecule has 1 aliphatic heterocycles. The fourth-order valence-electron chi connectivity index (χ4n) is 4.80. The summed E-state index contributed by atoms with van der Waals surface area (Å²) in [5.41, 5.74) is 3.95. The topological polar surface area (TPSA) is 75.7 Å². The van der Waals surface area contributed by atoms with Gasteiger partial charge in [0.25, 0.3) is 5.91 Å². The van der Waals surface area contributed by atoms with Crippen LogP contribution in [0.5, 0.6) is 0 Å². The molecule has 1 N–H and O–H groups in total. The van der Waals surface area contributed by atoms with Crippen LogP contribution in [0.25, 0.3) is 0 Å². The molecule has 196 valence electrons. The van der Waals surface area contributed by atoms with E-state index in [-0.39, 0.29) is 37.4 Å². The van der Waals surface area contributed by atoms with Crippen molar-refractivity contribution in [3.63, 3.8) is 0 Å². The van der Waals surface area contributed by atoms with Gasteiger partial charge in [0.1, 0.15) is 0 Å². The Kier molecular flexibility index (Phi) is 8.64. The highest BCUT2D eigenvalue weighted by atomic mass is 35.5. The fourth-order valence-corrected chi connectivity index (χ4v) is 5.07. The molecule has 0 fully saturated rings. The molecule has 0 saturated carbocycles. The number of nitrogens with zero attached hydrogens (tertiary/aromatic N) is 1. The van der Waals surface area contributed by atoms with Gasteiger partial charge in [-0.25, -0.2) is 4.79 Å². The van der Waals surface area contributed by atoms with Gasteiger partial charge in [0.15, 0.2) is 0 Å². The first-order valence-electron chi connectivity index (χ1n) is 12.7. The lowest BCUT2D eigenvalue weighted by molar-refractivity contribution is -0.140. The first-order chi connectivity index (χ1) is 18.3. The predicted molar refractivity (Wildman–Crippen MR) is 147 cm³/mol. The number of nitrogens with one attached hydrogen (secondary N) is 1.